The highest BCUT2D eigenvalue weighted by Gasteiger charge is 2.08. The smallest absolute Gasteiger partial charge is 0.191 e. The van der Waals surface area contributed by atoms with Crippen LogP contribution in [-0.4, -0.2) is 27.1 Å². The molecule has 0 saturated carbocycles. The molecular formula is C12H18O3. The van der Waals surface area contributed by atoms with E-state index in [1.165, 1.54) is 0 Å². The molecule has 0 atom stereocenters. The maximum absolute atomic E-state index is 5.66. The third-order valence-corrected chi connectivity index (χ3v) is 2.30. The second-order valence-corrected chi connectivity index (χ2v) is 3.43. The standard InChI is InChI=1S/C12H18O3/c1-9-6-5-7-10(2)12(9)15-8-11(13-3)14-4/h5-7,11H,8H2,1-4H3. The number of hydrogen-bond acceptors (Lipinski definition) is 3. The van der Waals surface area contributed by atoms with E-state index in [9.17, 15) is 0 Å². The third kappa shape index (κ3) is 3.22. The predicted molar refractivity (Wildman–Crippen MR) is 59.2 cm³/mol. The Balaban J connectivity index is 2.64. The molecule has 0 aliphatic rings. The Morgan fingerprint density at radius 1 is 1.07 bits per heavy atom. The second-order valence-electron chi connectivity index (χ2n) is 3.43. The van der Waals surface area contributed by atoms with Crippen LogP contribution in [0.1, 0.15) is 11.1 Å². The van der Waals surface area contributed by atoms with Crippen LogP contribution in [0.5, 0.6) is 5.75 Å². The molecule has 1 aromatic rings. The van der Waals surface area contributed by atoms with E-state index in [1.54, 1.807) is 14.2 Å². The molecule has 84 valence electrons. The van der Waals surface area contributed by atoms with Crippen molar-refractivity contribution in [3.8, 4) is 5.75 Å². The third-order valence-electron chi connectivity index (χ3n) is 2.30. The molecule has 0 aromatic heterocycles. The summed E-state index contributed by atoms with van der Waals surface area (Å²) in [4.78, 5) is 0. The first-order chi connectivity index (χ1) is 7.19. The quantitative estimate of drug-likeness (QED) is 0.698. The summed E-state index contributed by atoms with van der Waals surface area (Å²) >= 11 is 0. The van der Waals surface area contributed by atoms with Crippen LogP contribution < -0.4 is 4.74 Å². The molecule has 0 amide bonds. The van der Waals surface area contributed by atoms with Crippen LogP contribution in [0.25, 0.3) is 0 Å². The normalized spacial score (nSPS) is 10.7. The number of ether oxygens (including phenoxy) is 3. The van der Waals surface area contributed by atoms with Gasteiger partial charge in [-0.15, -0.1) is 0 Å². The van der Waals surface area contributed by atoms with Crippen molar-refractivity contribution in [2.75, 3.05) is 20.8 Å². The molecule has 0 N–H and O–H groups in total. The van der Waals surface area contributed by atoms with Crippen LogP contribution in [-0.2, 0) is 9.47 Å². The molecule has 0 aliphatic carbocycles. The average Bonchev–Trinajstić information content (AvgIpc) is 2.23. The van der Waals surface area contributed by atoms with Crippen LogP contribution in [0.4, 0.5) is 0 Å². The lowest BCUT2D eigenvalue weighted by Gasteiger charge is -2.16. The maximum atomic E-state index is 5.66. The summed E-state index contributed by atoms with van der Waals surface area (Å²) in [5.74, 6) is 0.914. The molecule has 1 aromatic carbocycles. The van der Waals surface area contributed by atoms with Crippen molar-refractivity contribution < 1.29 is 14.2 Å². The van der Waals surface area contributed by atoms with Gasteiger partial charge in [-0.25, -0.2) is 0 Å². The van der Waals surface area contributed by atoms with Crippen LogP contribution >= 0.6 is 0 Å². The van der Waals surface area contributed by atoms with Crippen molar-refractivity contribution in [2.24, 2.45) is 0 Å². The highest BCUT2D eigenvalue weighted by Crippen LogP contribution is 2.22. The summed E-state index contributed by atoms with van der Waals surface area (Å²) in [5.41, 5.74) is 2.25. The summed E-state index contributed by atoms with van der Waals surface area (Å²) in [6.07, 6.45) is -0.316. The molecule has 0 bridgehead atoms. The number of rotatable bonds is 5. The van der Waals surface area contributed by atoms with E-state index < -0.39 is 0 Å². The average molecular weight is 210 g/mol. The first kappa shape index (κ1) is 12.0. The lowest BCUT2D eigenvalue weighted by Crippen LogP contribution is -2.22. The number of hydrogen-bond donors (Lipinski definition) is 0. The van der Waals surface area contributed by atoms with Gasteiger partial charge >= 0.3 is 0 Å². The number of methoxy groups -OCH3 is 2. The van der Waals surface area contributed by atoms with Gasteiger partial charge in [0.15, 0.2) is 6.29 Å². The zero-order valence-corrected chi connectivity index (χ0v) is 9.74. The van der Waals surface area contributed by atoms with Gasteiger partial charge < -0.3 is 14.2 Å². The lowest BCUT2D eigenvalue weighted by atomic mass is 10.1. The Kier molecular flexibility index (Phi) is 4.59. The Bertz CT molecular complexity index is 285. The molecule has 0 saturated heterocycles. The zero-order chi connectivity index (χ0) is 11.3. The van der Waals surface area contributed by atoms with E-state index in [2.05, 4.69) is 0 Å². The van der Waals surface area contributed by atoms with Gasteiger partial charge in [0.05, 0.1) is 0 Å². The van der Waals surface area contributed by atoms with E-state index >= 15 is 0 Å². The highest BCUT2D eigenvalue weighted by molar-refractivity contribution is 5.39. The Hall–Kier alpha value is -1.06. The second kappa shape index (κ2) is 5.73. The van der Waals surface area contributed by atoms with Crippen LogP contribution in [0.2, 0.25) is 0 Å². The minimum Gasteiger partial charge on any atom is -0.488 e. The summed E-state index contributed by atoms with van der Waals surface area (Å²) in [6.45, 7) is 4.45. The Morgan fingerprint density at radius 2 is 1.60 bits per heavy atom. The summed E-state index contributed by atoms with van der Waals surface area (Å²) in [5, 5.41) is 0. The summed E-state index contributed by atoms with van der Waals surface area (Å²) in [7, 11) is 3.20. The first-order valence-corrected chi connectivity index (χ1v) is 4.93. The van der Waals surface area contributed by atoms with E-state index in [0.29, 0.717) is 6.61 Å². The van der Waals surface area contributed by atoms with Crippen molar-refractivity contribution in [1.82, 2.24) is 0 Å². The highest BCUT2D eigenvalue weighted by atomic mass is 16.7. The van der Waals surface area contributed by atoms with Gasteiger partial charge in [-0.3, -0.25) is 0 Å². The molecule has 15 heavy (non-hydrogen) atoms. The Morgan fingerprint density at radius 3 is 2.07 bits per heavy atom. The number of para-hydroxylation sites is 1. The zero-order valence-electron chi connectivity index (χ0n) is 9.74. The molecule has 3 heteroatoms. The van der Waals surface area contributed by atoms with E-state index in [4.69, 9.17) is 14.2 Å². The van der Waals surface area contributed by atoms with Gasteiger partial charge in [-0.05, 0) is 25.0 Å². The SMILES string of the molecule is COC(COc1c(C)cccc1C)OC. The molecule has 0 fully saturated rings. The fraction of sp³-hybridized carbons (Fsp3) is 0.500. The molecule has 0 radical (unpaired) electrons. The molecule has 0 unspecified atom stereocenters. The van der Waals surface area contributed by atoms with Crippen LogP contribution in [0, 0.1) is 13.8 Å². The fourth-order valence-electron chi connectivity index (χ4n) is 1.41. The van der Waals surface area contributed by atoms with Crippen LogP contribution in [0.15, 0.2) is 18.2 Å². The summed E-state index contributed by atoms with van der Waals surface area (Å²) in [6, 6.07) is 6.07. The van der Waals surface area contributed by atoms with E-state index in [1.807, 2.05) is 32.0 Å². The van der Waals surface area contributed by atoms with Crippen molar-refractivity contribution in [3.05, 3.63) is 29.3 Å². The fourth-order valence-corrected chi connectivity index (χ4v) is 1.41. The van der Waals surface area contributed by atoms with Gasteiger partial charge in [-0.1, -0.05) is 18.2 Å². The largest absolute Gasteiger partial charge is 0.488 e. The molecule has 0 aliphatic heterocycles. The molecule has 1 rings (SSSR count). The van der Waals surface area contributed by atoms with Crippen LogP contribution in [0.3, 0.4) is 0 Å². The molecular weight excluding hydrogens is 192 g/mol. The van der Waals surface area contributed by atoms with Gasteiger partial charge in [0.25, 0.3) is 0 Å². The van der Waals surface area contributed by atoms with Gasteiger partial charge in [0.1, 0.15) is 12.4 Å². The van der Waals surface area contributed by atoms with Crippen molar-refractivity contribution in [1.29, 1.82) is 0 Å². The van der Waals surface area contributed by atoms with E-state index in [0.717, 1.165) is 16.9 Å². The van der Waals surface area contributed by atoms with Gasteiger partial charge in [-0.2, -0.15) is 0 Å². The number of aryl methyl sites for hydroxylation is 2. The predicted octanol–water partition coefficient (Wildman–Crippen LogP) is 2.30. The number of benzene rings is 1. The maximum Gasteiger partial charge on any atom is 0.191 e. The van der Waals surface area contributed by atoms with Crippen molar-refractivity contribution in [3.63, 3.8) is 0 Å². The minimum absolute atomic E-state index is 0.316. The molecule has 0 spiro atoms. The lowest BCUT2D eigenvalue weighted by molar-refractivity contribution is -0.122. The van der Waals surface area contributed by atoms with Crippen molar-refractivity contribution in [2.45, 2.75) is 20.1 Å². The molecule has 3 nitrogen and oxygen atoms in total. The first-order valence-electron chi connectivity index (χ1n) is 4.93. The van der Waals surface area contributed by atoms with E-state index in [-0.39, 0.29) is 6.29 Å². The molecule has 0 heterocycles. The summed E-state index contributed by atoms with van der Waals surface area (Å²) < 4.78 is 15.8. The van der Waals surface area contributed by atoms with Crippen molar-refractivity contribution >= 4 is 0 Å². The van der Waals surface area contributed by atoms with Gasteiger partial charge in [0.2, 0.25) is 0 Å². The Labute approximate surface area is 91.0 Å². The van der Waals surface area contributed by atoms with Gasteiger partial charge in [0, 0.05) is 14.2 Å². The monoisotopic (exact) mass is 210 g/mol. The topological polar surface area (TPSA) is 27.7 Å². The minimum atomic E-state index is -0.316.